The van der Waals surface area contributed by atoms with Crippen molar-refractivity contribution in [1.82, 2.24) is 24.9 Å². The number of nitrogens with one attached hydrogen (secondary N) is 1. The number of benzene rings is 2. The summed E-state index contributed by atoms with van der Waals surface area (Å²) in [5.41, 5.74) is 4.14. The number of hydrogen-bond acceptors (Lipinski definition) is 3. The van der Waals surface area contributed by atoms with Gasteiger partial charge in [0.05, 0.1) is 17.9 Å². The van der Waals surface area contributed by atoms with Crippen LogP contribution in [0, 0.1) is 5.92 Å². The van der Waals surface area contributed by atoms with Gasteiger partial charge in [-0.3, -0.25) is 14.6 Å². The van der Waals surface area contributed by atoms with E-state index in [0.29, 0.717) is 5.92 Å². The van der Waals surface area contributed by atoms with Gasteiger partial charge in [0.2, 0.25) is 0 Å². The fourth-order valence-electron chi connectivity index (χ4n) is 4.15. The van der Waals surface area contributed by atoms with Crippen molar-refractivity contribution in [2.75, 3.05) is 13.1 Å². The van der Waals surface area contributed by atoms with Gasteiger partial charge in [0.15, 0.2) is 0 Å². The Balaban J connectivity index is 1.25. The zero-order valence-electron chi connectivity index (χ0n) is 16.2. The van der Waals surface area contributed by atoms with Gasteiger partial charge in [0.25, 0.3) is 5.91 Å². The molecule has 1 aliphatic rings. The highest BCUT2D eigenvalue weighted by atomic mass is 16.2. The number of piperidine rings is 1. The van der Waals surface area contributed by atoms with Crippen LogP contribution in [0.4, 0.5) is 0 Å². The third kappa shape index (κ3) is 3.53. The number of hydrogen-bond donors (Lipinski definition) is 1. The zero-order chi connectivity index (χ0) is 19.6. The van der Waals surface area contributed by atoms with Crippen molar-refractivity contribution in [3.05, 3.63) is 72.7 Å². The standard InChI is InChI=1S/C23H23N5O/c29-23(18-4-2-1-3-5-18)27-10-8-17(9-11-27)16-28-22-7-6-19(12-20(22)15-26-28)21-13-24-25-14-21/h1-7,12-15,17H,8-11,16H2,(H,24,25). The largest absolute Gasteiger partial charge is 0.339 e. The van der Waals surface area contributed by atoms with Gasteiger partial charge < -0.3 is 4.90 Å². The molecule has 0 aliphatic carbocycles. The van der Waals surface area contributed by atoms with Crippen LogP contribution >= 0.6 is 0 Å². The molecule has 0 bridgehead atoms. The molecule has 1 N–H and O–H groups in total. The summed E-state index contributed by atoms with van der Waals surface area (Å²) < 4.78 is 2.10. The van der Waals surface area contributed by atoms with Gasteiger partial charge in [-0.1, -0.05) is 24.3 Å². The number of amides is 1. The molecule has 146 valence electrons. The van der Waals surface area contributed by atoms with E-state index >= 15 is 0 Å². The summed E-state index contributed by atoms with van der Waals surface area (Å²) in [4.78, 5) is 14.6. The van der Waals surface area contributed by atoms with Crippen LogP contribution in [0.3, 0.4) is 0 Å². The lowest BCUT2D eigenvalue weighted by Gasteiger charge is -2.32. The fourth-order valence-corrected chi connectivity index (χ4v) is 4.15. The zero-order valence-corrected chi connectivity index (χ0v) is 16.2. The molecule has 1 aliphatic heterocycles. The first-order chi connectivity index (χ1) is 14.3. The Morgan fingerprint density at radius 2 is 1.86 bits per heavy atom. The molecule has 0 spiro atoms. The first-order valence-electron chi connectivity index (χ1n) is 10.1. The van der Waals surface area contributed by atoms with Gasteiger partial charge in [-0.2, -0.15) is 10.2 Å². The molecular formula is C23H23N5O. The highest BCUT2D eigenvalue weighted by molar-refractivity contribution is 5.94. The number of aromatic nitrogens is 4. The number of H-pyrrole nitrogens is 1. The molecule has 6 nitrogen and oxygen atoms in total. The van der Waals surface area contributed by atoms with Crippen LogP contribution in [-0.2, 0) is 6.54 Å². The lowest BCUT2D eigenvalue weighted by Crippen LogP contribution is -2.39. The highest BCUT2D eigenvalue weighted by Crippen LogP contribution is 2.26. The van der Waals surface area contributed by atoms with Crippen molar-refractivity contribution < 1.29 is 4.79 Å². The van der Waals surface area contributed by atoms with Crippen LogP contribution in [0.2, 0.25) is 0 Å². The summed E-state index contributed by atoms with van der Waals surface area (Å²) in [5.74, 6) is 0.673. The summed E-state index contributed by atoms with van der Waals surface area (Å²) in [6.07, 6.45) is 7.68. The van der Waals surface area contributed by atoms with E-state index in [2.05, 4.69) is 38.2 Å². The molecular weight excluding hydrogens is 362 g/mol. The maximum Gasteiger partial charge on any atom is 0.253 e. The number of aromatic amines is 1. The van der Waals surface area contributed by atoms with Crippen molar-refractivity contribution in [1.29, 1.82) is 0 Å². The predicted molar refractivity (Wildman–Crippen MR) is 112 cm³/mol. The van der Waals surface area contributed by atoms with Gasteiger partial charge >= 0.3 is 0 Å². The summed E-state index contributed by atoms with van der Waals surface area (Å²) in [5, 5.41) is 12.6. The first-order valence-corrected chi connectivity index (χ1v) is 10.1. The van der Waals surface area contributed by atoms with Crippen LogP contribution in [0.25, 0.3) is 22.0 Å². The van der Waals surface area contributed by atoms with Crippen LogP contribution < -0.4 is 0 Å². The molecule has 29 heavy (non-hydrogen) atoms. The number of likely N-dealkylation sites (tertiary alicyclic amines) is 1. The van der Waals surface area contributed by atoms with E-state index in [-0.39, 0.29) is 5.91 Å². The second-order valence-electron chi connectivity index (χ2n) is 7.69. The average Bonchev–Trinajstić information content (AvgIpc) is 3.45. The van der Waals surface area contributed by atoms with Crippen molar-refractivity contribution in [3.8, 4) is 11.1 Å². The number of carbonyl (C=O) groups is 1. The van der Waals surface area contributed by atoms with E-state index in [1.807, 2.05) is 53.8 Å². The van der Waals surface area contributed by atoms with E-state index in [1.165, 1.54) is 0 Å². The lowest BCUT2D eigenvalue weighted by atomic mass is 9.96. The molecule has 0 atom stereocenters. The minimum atomic E-state index is 0.139. The summed E-state index contributed by atoms with van der Waals surface area (Å²) in [7, 11) is 0. The molecule has 0 saturated carbocycles. The molecule has 1 saturated heterocycles. The molecule has 3 heterocycles. The van der Waals surface area contributed by atoms with Gasteiger partial charge in [-0.05, 0) is 48.6 Å². The summed E-state index contributed by atoms with van der Waals surface area (Å²) in [6.45, 7) is 2.51. The quantitative estimate of drug-likeness (QED) is 0.578. The van der Waals surface area contributed by atoms with Crippen LogP contribution in [0.5, 0.6) is 0 Å². The summed E-state index contributed by atoms with van der Waals surface area (Å²) >= 11 is 0. The second kappa shape index (κ2) is 7.54. The number of carbonyl (C=O) groups excluding carboxylic acids is 1. The third-order valence-corrected chi connectivity index (χ3v) is 5.83. The van der Waals surface area contributed by atoms with E-state index in [9.17, 15) is 4.79 Å². The Bertz CT molecular complexity index is 1110. The maximum atomic E-state index is 12.6. The Morgan fingerprint density at radius 1 is 1.03 bits per heavy atom. The smallest absolute Gasteiger partial charge is 0.253 e. The number of fused-ring (bicyclic) bond motifs is 1. The van der Waals surface area contributed by atoms with Crippen molar-refractivity contribution in [3.63, 3.8) is 0 Å². The third-order valence-electron chi connectivity index (χ3n) is 5.83. The van der Waals surface area contributed by atoms with E-state index in [1.54, 1.807) is 0 Å². The molecule has 5 rings (SSSR count). The number of rotatable bonds is 4. The molecule has 1 amide bonds. The van der Waals surface area contributed by atoms with Crippen LogP contribution in [-0.4, -0.2) is 43.9 Å². The van der Waals surface area contributed by atoms with Crippen molar-refractivity contribution in [2.24, 2.45) is 5.92 Å². The molecule has 2 aromatic carbocycles. The Morgan fingerprint density at radius 3 is 2.62 bits per heavy atom. The monoisotopic (exact) mass is 385 g/mol. The first kappa shape index (κ1) is 17.7. The maximum absolute atomic E-state index is 12.6. The predicted octanol–water partition coefficient (Wildman–Crippen LogP) is 3.98. The normalized spacial score (nSPS) is 15.1. The molecule has 0 radical (unpaired) electrons. The van der Waals surface area contributed by atoms with Crippen LogP contribution in [0.15, 0.2) is 67.1 Å². The topological polar surface area (TPSA) is 66.8 Å². The SMILES string of the molecule is O=C(c1ccccc1)N1CCC(Cn2ncc3cc(-c4cn[nH]c4)ccc32)CC1. The molecule has 0 unspecified atom stereocenters. The molecule has 4 aromatic rings. The highest BCUT2D eigenvalue weighted by Gasteiger charge is 2.24. The van der Waals surface area contributed by atoms with E-state index in [0.717, 1.165) is 60.1 Å². The van der Waals surface area contributed by atoms with E-state index < -0.39 is 0 Å². The van der Waals surface area contributed by atoms with Gasteiger partial charge in [-0.15, -0.1) is 0 Å². The van der Waals surface area contributed by atoms with Gasteiger partial charge in [0.1, 0.15) is 0 Å². The molecule has 6 heteroatoms. The van der Waals surface area contributed by atoms with Crippen LogP contribution in [0.1, 0.15) is 23.2 Å². The Kier molecular flexibility index (Phi) is 4.60. The molecule has 1 fully saturated rings. The van der Waals surface area contributed by atoms with Gasteiger partial charge in [-0.25, -0.2) is 0 Å². The Labute approximate surface area is 169 Å². The Hall–Kier alpha value is -3.41. The van der Waals surface area contributed by atoms with Crippen molar-refractivity contribution in [2.45, 2.75) is 19.4 Å². The fraction of sp³-hybridized carbons (Fsp3) is 0.261. The minimum absolute atomic E-state index is 0.139. The summed E-state index contributed by atoms with van der Waals surface area (Å²) in [6, 6.07) is 16.0. The molecule has 2 aromatic heterocycles. The lowest BCUT2D eigenvalue weighted by molar-refractivity contribution is 0.0682. The van der Waals surface area contributed by atoms with Crippen molar-refractivity contribution >= 4 is 16.8 Å². The number of nitrogens with zero attached hydrogens (tertiary/aromatic N) is 4. The van der Waals surface area contributed by atoms with E-state index in [4.69, 9.17) is 0 Å². The minimum Gasteiger partial charge on any atom is -0.339 e. The average molecular weight is 385 g/mol. The second-order valence-corrected chi connectivity index (χ2v) is 7.69. The van der Waals surface area contributed by atoms with Gasteiger partial charge in [0, 0.05) is 42.3 Å².